The maximum Gasteiger partial charge on any atom is 0.133 e. The summed E-state index contributed by atoms with van der Waals surface area (Å²) in [5.74, 6) is 0.893. The molecule has 72 valence electrons. The highest BCUT2D eigenvalue weighted by molar-refractivity contribution is 5.78. The van der Waals surface area contributed by atoms with Gasteiger partial charge in [-0.05, 0) is 26.2 Å². The van der Waals surface area contributed by atoms with Gasteiger partial charge in [-0.3, -0.25) is 4.79 Å². The Labute approximate surface area is 75.3 Å². The summed E-state index contributed by atoms with van der Waals surface area (Å²) in [4.78, 5) is 11.1. The quantitative estimate of drug-likeness (QED) is 0.574. The number of hydrogen-bond acceptors (Lipinski definition) is 2. The molecule has 1 atom stereocenters. The van der Waals surface area contributed by atoms with Crippen molar-refractivity contribution < 1.29 is 9.53 Å². The molecule has 0 spiro atoms. The van der Waals surface area contributed by atoms with Crippen molar-refractivity contribution in [2.24, 2.45) is 11.8 Å². The largest absolute Gasteiger partial charge is 0.382 e. The van der Waals surface area contributed by atoms with Gasteiger partial charge in [0.2, 0.25) is 0 Å². The normalized spacial score (nSPS) is 13.4. The van der Waals surface area contributed by atoms with E-state index in [1.807, 2.05) is 6.92 Å². The molecule has 0 aliphatic heterocycles. The maximum absolute atomic E-state index is 11.1. The Morgan fingerprint density at radius 3 is 2.33 bits per heavy atom. The second-order valence-corrected chi connectivity index (χ2v) is 3.45. The van der Waals surface area contributed by atoms with Crippen LogP contribution in [0.5, 0.6) is 0 Å². The van der Waals surface area contributed by atoms with Crippen LogP contribution in [0.1, 0.15) is 34.1 Å². The number of rotatable bonds is 6. The summed E-state index contributed by atoms with van der Waals surface area (Å²) in [6.07, 6.45) is 0.862. The average molecular weight is 172 g/mol. The molecule has 0 aliphatic carbocycles. The zero-order valence-electron chi connectivity index (χ0n) is 8.59. The summed E-state index contributed by atoms with van der Waals surface area (Å²) in [6, 6.07) is 0. The lowest BCUT2D eigenvalue weighted by Crippen LogP contribution is -2.19. The number of carbonyl (C=O) groups excluding carboxylic acids is 1. The van der Waals surface area contributed by atoms with Gasteiger partial charge in [0, 0.05) is 19.1 Å². The highest BCUT2D eigenvalue weighted by Crippen LogP contribution is 2.15. The summed E-state index contributed by atoms with van der Waals surface area (Å²) in [5, 5.41) is 0. The van der Waals surface area contributed by atoms with E-state index in [0.717, 1.165) is 13.0 Å². The van der Waals surface area contributed by atoms with Gasteiger partial charge in [-0.15, -0.1) is 0 Å². The molecule has 0 amide bonds. The molecule has 0 aromatic carbocycles. The Morgan fingerprint density at radius 1 is 1.42 bits per heavy atom. The first-order valence-electron chi connectivity index (χ1n) is 4.67. The summed E-state index contributed by atoms with van der Waals surface area (Å²) in [5.41, 5.74) is 0. The maximum atomic E-state index is 11.1. The Balaban J connectivity index is 3.72. The van der Waals surface area contributed by atoms with Gasteiger partial charge in [0.1, 0.15) is 5.78 Å². The first-order valence-corrected chi connectivity index (χ1v) is 4.67. The molecule has 1 unspecified atom stereocenters. The first-order chi connectivity index (χ1) is 5.59. The highest BCUT2D eigenvalue weighted by Gasteiger charge is 2.17. The minimum Gasteiger partial charge on any atom is -0.382 e. The number of ether oxygens (including phenoxy) is 1. The van der Waals surface area contributed by atoms with Gasteiger partial charge in [0.15, 0.2) is 0 Å². The van der Waals surface area contributed by atoms with Gasteiger partial charge in [-0.2, -0.15) is 0 Å². The molecule has 0 rings (SSSR count). The summed E-state index contributed by atoms with van der Waals surface area (Å²) in [7, 11) is 0. The Morgan fingerprint density at radius 2 is 2.00 bits per heavy atom. The van der Waals surface area contributed by atoms with E-state index in [-0.39, 0.29) is 11.7 Å². The highest BCUT2D eigenvalue weighted by atomic mass is 16.5. The van der Waals surface area contributed by atoms with Crippen LogP contribution in [0, 0.1) is 11.8 Å². The molecule has 2 heteroatoms. The molecule has 0 aromatic heterocycles. The number of ketones is 1. The smallest absolute Gasteiger partial charge is 0.133 e. The second-order valence-electron chi connectivity index (χ2n) is 3.45. The Bertz CT molecular complexity index is 130. The van der Waals surface area contributed by atoms with Crippen molar-refractivity contribution in [2.45, 2.75) is 34.1 Å². The molecule has 0 aliphatic rings. The van der Waals surface area contributed by atoms with E-state index in [0.29, 0.717) is 12.5 Å². The Hall–Kier alpha value is -0.370. The van der Waals surface area contributed by atoms with Crippen LogP contribution in [-0.2, 0) is 9.53 Å². The molecule has 0 heterocycles. The lowest BCUT2D eigenvalue weighted by atomic mass is 9.89. The van der Waals surface area contributed by atoms with Gasteiger partial charge in [-0.25, -0.2) is 0 Å². The van der Waals surface area contributed by atoms with E-state index in [2.05, 4.69) is 13.8 Å². The molecular formula is C10H20O2. The standard InChI is InChI=1S/C10H20O2/c1-5-12-7-6-10(8(2)3)9(4)11/h8,10H,5-7H2,1-4H3. The number of Topliss-reactive ketones (excluding diaryl/α,β-unsaturated/α-hetero) is 1. The van der Waals surface area contributed by atoms with Crippen LogP contribution < -0.4 is 0 Å². The second kappa shape index (κ2) is 6.18. The molecule has 0 bridgehead atoms. The zero-order chi connectivity index (χ0) is 9.56. The van der Waals surface area contributed by atoms with Crippen molar-refractivity contribution in [1.29, 1.82) is 0 Å². The SMILES string of the molecule is CCOCCC(C(C)=O)C(C)C. The summed E-state index contributed by atoms with van der Waals surface area (Å²) < 4.78 is 5.21. The van der Waals surface area contributed by atoms with Crippen LogP contribution in [0.4, 0.5) is 0 Å². The van der Waals surface area contributed by atoms with E-state index in [9.17, 15) is 4.79 Å². The fourth-order valence-electron chi connectivity index (χ4n) is 1.36. The fourth-order valence-corrected chi connectivity index (χ4v) is 1.36. The van der Waals surface area contributed by atoms with Crippen molar-refractivity contribution in [3.63, 3.8) is 0 Å². The third kappa shape index (κ3) is 4.50. The first kappa shape index (κ1) is 11.6. The third-order valence-corrected chi connectivity index (χ3v) is 2.10. The molecule has 0 N–H and O–H groups in total. The van der Waals surface area contributed by atoms with Crippen LogP contribution >= 0.6 is 0 Å². The molecule has 0 fully saturated rings. The topological polar surface area (TPSA) is 26.3 Å². The minimum atomic E-state index is 0.177. The van der Waals surface area contributed by atoms with E-state index in [4.69, 9.17) is 4.74 Å². The third-order valence-electron chi connectivity index (χ3n) is 2.10. The minimum absolute atomic E-state index is 0.177. The Kier molecular flexibility index (Phi) is 5.99. The van der Waals surface area contributed by atoms with Crippen LogP contribution in [0.25, 0.3) is 0 Å². The van der Waals surface area contributed by atoms with Crippen molar-refractivity contribution in [3.05, 3.63) is 0 Å². The molecule has 0 saturated carbocycles. The number of carbonyl (C=O) groups is 1. The molecule has 12 heavy (non-hydrogen) atoms. The van der Waals surface area contributed by atoms with Gasteiger partial charge in [0.05, 0.1) is 0 Å². The lowest BCUT2D eigenvalue weighted by molar-refractivity contribution is -0.122. The van der Waals surface area contributed by atoms with Gasteiger partial charge in [0.25, 0.3) is 0 Å². The molecule has 0 saturated heterocycles. The predicted molar refractivity (Wildman–Crippen MR) is 50.1 cm³/mol. The molecular weight excluding hydrogens is 152 g/mol. The van der Waals surface area contributed by atoms with Crippen molar-refractivity contribution in [2.75, 3.05) is 13.2 Å². The average Bonchev–Trinajstić information content (AvgIpc) is 1.96. The lowest BCUT2D eigenvalue weighted by Gasteiger charge is -2.16. The van der Waals surface area contributed by atoms with E-state index in [1.54, 1.807) is 6.92 Å². The van der Waals surface area contributed by atoms with Crippen molar-refractivity contribution >= 4 is 5.78 Å². The van der Waals surface area contributed by atoms with E-state index < -0.39 is 0 Å². The van der Waals surface area contributed by atoms with E-state index >= 15 is 0 Å². The number of hydrogen-bond donors (Lipinski definition) is 0. The van der Waals surface area contributed by atoms with Crippen molar-refractivity contribution in [3.8, 4) is 0 Å². The monoisotopic (exact) mass is 172 g/mol. The zero-order valence-corrected chi connectivity index (χ0v) is 8.59. The van der Waals surface area contributed by atoms with Crippen molar-refractivity contribution in [1.82, 2.24) is 0 Å². The van der Waals surface area contributed by atoms with Gasteiger partial charge >= 0.3 is 0 Å². The molecule has 0 radical (unpaired) electrons. The van der Waals surface area contributed by atoms with Gasteiger partial charge < -0.3 is 4.74 Å². The van der Waals surface area contributed by atoms with Crippen LogP contribution in [0.3, 0.4) is 0 Å². The molecule has 2 nitrogen and oxygen atoms in total. The predicted octanol–water partition coefficient (Wildman–Crippen LogP) is 2.27. The fraction of sp³-hybridized carbons (Fsp3) is 0.900. The molecule has 0 aromatic rings. The van der Waals surface area contributed by atoms with Gasteiger partial charge in [-0.1, -0.05) is 13.8 Å². The van der Waals surface area contributed by atoms with Crippen LogP contribution in [-0.4, -0.2) is 19.0 Å². The summed E-state index contributed by atoms with van der Waals surface area (Å²) >= 11 is 0. The van der Waals surface area contributed by atoms with E-state index in [1.165, 1.54) is 0 Å². The van der Waals surface area contributed by atoms with Crippen LogP contribution in [0.2, 0.25) is 0 Å². The van der Waals surface area contributed by atoms with Crippen LogP contribution in [0.15, 0.2) is 0 Å². The summed E-state index contributed by atoms with van der Waals surface area (Å²) in [6.45, 7) is 9.24.